The Bertz CT molecular complexity index is 661. The zero-order valence-corrected chi connectivity index (χ0v) is 11.7. The normalized spacial score (nSPS) is 30.2. The summed E-state index contributed by atoms with van der Waals surface area (Å²) in [5, 5.41) is 19.7. The van der Waals surface area contributed by atoms with Crippen LogP contribution in [0.4, 0.5) is 5.82 Å². The van der Waals surface area contributed by atoms with Gasteiger partial charge >= 0.3 is 0 Å². The molecule has 7 nitrogen and oxygen atoms in total. The standard InChI is InChI=1S/C12H16ClN5O2/c1-12(4-19)3-6(2-7(12)20)18-5-15-8-9(14)16-11(13)17-10(8)18/h5-7,19-20H,2-4H2,1H3,(H2,14,16,17)/t6-,7-,12+/m0/s1. The minimum absolute atomic E-state index is 0.00230. The molecule has 108 valence electrons. The number of aliphatic hydroxyl groups excluding tert-OH is 2. The number of aromatic nitrogens is 4. The Kier molecular flexibility index (Phi) is 3.07. The Hall–Kier alpha value is -1.44. The van der Waals surface area contributed by atoms with Gasteiger partial charge in [0.15, 0.2) is 11.5 Å². The first-order valence-corrected chi connectivity index (χ1v) is 6.77. The van der Waals surface area contributed by atoms with E-state index in [1.807, 2.05) is 11.5 Å². The molecule has 2 aromatic heterocycles. The monoisotopic (exact) mass is 297 g/mol. The van der Waals surface area contributed by atoms with Crippen LogP contribution in [0.2, 0.25) is 5.28 Å². The first-order chi connectivity index (χ1) is 9.44. The van der Waals surface area contributed by atoms with Crippen LogP contribution in [0.1, 0.15) is 25.8 Å². The number of fused-ring (bicyclic) bond motifs is 1. The lowest BCUT2D eigenvalue weighted by Crippen LogP contribution is -2.30. The van der Waals surface area contributed by atoms with Gasteiger partial charge in [-0.25, -0.2) is 4.98 Å². The molecule has 3 rings (SSSR count). The molecule has 0 radical (unpaired) electrons. The third-order valence-corrected chi connectivity index (χ3v) is 4.35. The van der Waals surface area contributed by atoms with Crippen LogP contribution in [0.25, 0.3) is 11.2 Å². The van der Waals surface area contributed by atoms with E-state index in [2.05, 4.69) is 15.0 Å². The van der Waals surface area contributed by atoms with Crippen LogP contribution in [0.5, 0.6) is 0 Å². The van der Waals surface area contributed by atoms with Crippen molar-refractivity contribution in [1.82, 2.24) is 19.5 Å². The number of nitrogens with zero attached hydrogens (tertiary/aromatic N) is 4. The molecule has 0 bridgehead atoms. The summed E-state index contributed by atoms with van der Waals surface area (Å²) in [6.45, 7) is 1.81. The average molecular weight is 298 g/mol. The van der Waals surface area contributed by atoms with Crippen LogP contribution in [0.3, 0.4) is 0 Å². The number of hydrogen-bond acceptors (Lipinski definition) is 6. The van der Waals surface area contributed by atoms with Crippen LogP contribution in [-0.4, -0.2) is 42.4 Å². The first-order valence-electron chi connectivity index (χ1n) is 6.39. The molecule has 1 saturated carbocycles. The van der Waals surface area contributed by atoms with Gasteiger partial charge in [-0.1, -0.05) is 6.92 Å². The highest BCUT2D eigenvalue weighted by Crippen LogP contribution is 2.44. The first kappa shape index (κ1) is 13.5. The molecule has 20 heavy (non-hydrogen) atoms. The van der Waals surface area contributed by atoms with Gasteiger partial charge < -0.3 is 20.5 Å². The summed E-state index contributed by atoms with van der Waals surface area (Å²) >= 11 is 5.84. The molecule has 1 aliphatic rings. The van der Waals surface area contributed by atoms with Crippen molar-refractivity contribution >= 4 is 28.6 Å². The number of rotatable bonds is 2. The van der Waals surface area contributed by atoms with Gasteiger partial charge in [0.25, 0.3) is 0 Å². The average Bonchev–Trinajstić information content (AvgIpc) is 2.92. The van der Waals surface area contributed by atoms with Gasteiger partial charge in [0.2, 0.25) is 5.28 Å². The number of halogens is 1. The second-order valence-electron chi connectivity index (χ2n) is 5.62. The van der Waals surface area contributed by atoms with Crippen molar-refractivity contribution in [1.29, 1.82) is 0 Å². The van der Waals surface area contributed by atoms with Crippen LogP contribution < -0.4 is 5.73 Å². The van der Waals surface area contributed by atoms with E-state index >= 15 is 0 Å². The van der Waals surface area contributed by atoms with Crippen molar-refractivity contribution < 1.29 is 10.2 Å². The summed E-state index contributed by atoms with van der Waals surface area (Å²) in [5.41, 5.74) is 6.32. The molecule has 2 aromatic rings. The number of nitrogens with two attached hydrogens (primary N) is 1. The molecule has 1 aliphatic carbocycles. The van der Waals surface area contributed by atoms with E-state index in [4.69, 9.17) is 17.3 Å². The molecule has 8 heteroatoms. The minimum Gasteiger partial charge on any atom is -0.396 e. The van der Waals surface area contributed by atoms with E-state index in [0.29, 0.717) is 24.0 Å². The van der Waals surface area contributed by atoms with Gasteiger partial charge in [-0.15, -0.1) is 0 Å². The Labute approximate surface area is 120 Å². The quantitative estimate of drug-likeness (QED) is 0.706. The van der Waals surface area contributed by atoms with E-state index in [9.17, 15) is 10.2 Å². The fraction of sp³-hybridized carbons (Fsp3) is 0.583. The molecule has 0 spiro atoms. The second kappa shape index (κ2) is 4.54. The largest absolute Gasteiger partial charge is 0.396 e. The summed E-state index contributed by atoms with van der Waals surface area (Å²) in [7, 11) is 0. The number of hydrogen-bond donors (Lipinski definition) is 3. The molecule has 0 saturated heterocycles. The minimum atomic E-state index is -0.565. The van der Waals surface area contributed by atoms with Gasteiger partial charge in [0.1, 0.15) is 5.52 Å². The third-order valence-electron chi connectivity index (χ3n) is 4.18. The molecule has 0 amide bonds. The van der Waals surface area contributed by atoms with E-state index in [1.165, 1.54) is 0 Å². The molecule has 0 aliphatic heterocycles. The summed E-state index contributed by atoms with van der Waals surface area (Å²) in [6, 6.07) is -0.00230. The number of nitrogen functional groups attached to an aromatic ring is 1. The molecule has 1 fully saturated rings. The Morgan fingerprint density at radius 3 is 2.95 bits per heavy atom. The van der Waals surface area contributed by atoms with Crippen LogP contribution in [0.15, 0.2) is 6.33 Å². The predicted octanol–water partition coefficient (Wildman–Crippen LogP) is 0.756. The maximum Gasteiger partial charge on any atom is 0.226 e. The van der Waals surface area contributed by atoms with Crippen molar-refractivity contribution in [2.75, 3.05) is 12.3 Å². The summed E-state index contributed by atoms with van der Waals surface area (Å²) < 4.78 is 1.85. The maximum absolute atomic E-state index is 10.1. The van der Waals surface area contributed by atoms with Crippen molar-refractivity contribution in [3.05, 3.63) is 11.6 Å². The van der Waals surface area contributed by atoms with E-state index in [-0.39, 0.29) is 23.8 Å². The molecule has 0 aromatic carbocycles. The summed E-state index contributed by atoms with van der Waals surface area (Å²) in [6.07, 6.45) is 2.23. The highest BCUT2D eigenvalue weighted by atomic mass is 35.5. The van der Waals surface area contributed by atoms with Crippen molar-refractivity contribution in [3.8, 4) is 0 Å². The van der Waals surface area contributed by atoms with Crippen LogP contribution in [0, 0.1) is 5.41 Å². The van der Waals surface area contributed by atoms with Gasteiger partial charge in [-0.05, 0) is 24.4 Å². The number of aliphatic hydroxyl groups is 2. The van der Waals surface area contributed by atoms with Crippen molar-refractivity contribution in [2.24, 2.45) is 5.41 Å². The molecular weight excluding hydrogens is 282 g/mol. The van der Waals surface area contributed by atoms with Crippen LogP contribution >= 0.6 is 11.6 Å². The number of imidazole rings is 1. The highest BCUT2D eigenvalue weighted by Gasteiger charge is 2.43. The maximum atomic E-state index is 10.1. The van der Waals surface area contributed by atoms with Crippen molar-refractivity contribution in [2.45, 2.75) is 31.9 Å². The molecule has 0 unspecified atom stereocenters. The zero-order chi connectivity index (χ0) is 14.5. The van der Waals surface area contributed by atoms with Gasteiger partial charge in [0.05, 0.1) is 19.0 Å². The summed E-state index contributed by atoms with van der Waals surface area (Å²) in [5.74, 6) is 0.238. The second-order valence-corrected chi connectivity index (χ2v) is 5.96. The molecule has 2 heterocycles. The SMILES string of the molecule is C[C@]1(CO)C[C@@H](n2cnc3c(N)nc(Cl)nc32)C[C@@H]1O. The van der Waals surface area contributed by atoms with E-state index in [0.717, 1.165) is 0 Å². The molecular formula is C12H16ClN5O2. The highest BCUT2D eigenvalue weighted by molar-refractivity contribution is 6.28. The van der Waals surface area contributed by atoms with Crippen LogP contribution in [-0.2, 0) is 0 Å². The summed E-state index contributed by atoms with van der Waals surface area (Å²) in [4.78, 5) is 12.3. The molecule has 4 N–H and O–H groups in total. The molecule has 3 atom stereocenters. The lowest BCUT2D eigenvalue weighted by molar-refractivity contribution is 0.0201. The zero-order valence-electron chi connectivity index (χ0n) is 11.0. The number of anilines is 1. The topological polar surface area (TPSA) is 110 Å². The van der Waals surface area contributed by atoms with Crippen molar-refractivity contribution in [3.63, 3.8) is 0 Å². The fourth-order valence-corrected chi connectivity index (χ4v) is 3.03. The Morgan fingerprint density at radius 2 is 2.30 bits per heavy atom. The fourth-order valence-electron chi connectivity index (χ4n) is 2.86. The van der Waals surface area contributed by atoms with E-state index in [1.54, 1.807) is 6.33 Å². The van der Waals surface area contributed by atoms with E-state index < -0.39 is 11.5 Å². The smallest absolute Gasteiger partial charge is 0.226 e. The lowest BCUT2D eigenvalue weighted by Gasteiger charge is -2.24. The van der Waals surface area contributed by atoms with Gasteiger partial charge in [0, 0.05) is 11.5 Å². The lowest BCUT2D eigenvalue weighted by atomic mass is 9.87. The third kappa shape index (κ3) is 1.93. The Morgan fingerprint density at radius 1 is 1.55 bits per heavy atom. The predicted molar refractivity (Wildman–Crippen MR) is 74.2 cm³/mol. The van der Waals surface area contributed by atoms with Gasteiger partial charge in [-0.3, -0.25) is 0 Å². The van der Waals surface area contributed by atoms with Gasteiger partial charge in [-0.2, -0.15) is 9.97 Å². The Balaban J connectivity index is 2.04.